The van der Waals surface area contributed by atoms with Crippen LogP contribution in [0.25, 0.3) is 22.3 Å². The van der Waals surface area contributed by atoms with Gasteiger partial charge < -0.3 is 14.8 Å². The molecule has 0 bridgehead atoms. The van der Waals surface area contributed by atoms with Gasteiger partial charge in [-0.05, 0) is 77.5 Å². The number of pyridine rings is 1. The molecule has 4 aromatic rings. The van der Waals surface area contributed by atoms with Gasteiger partial charge in [0.2, 0.25) is 5.95 Å². The predicted molar refractivity (Wildman–Crippen MR) is 161 cm³/mol. The van der Waals surface area contributed by atoms with Crippen molar-refractivity contribution in [2.24, 2.45) is 0 Å². The van der Waals surface area contributed by atoms with Gasteiger partial charge in [-0.1, -0.05) is 6.07 Å². The summed E-state index contributed by atoms with van der Waals surface area (Å²) >= 11 is 0. The molecular formula is C31H39F2N9. The van der Waals surface area contributed by atoms with Crippen molar-refractivity contribution >= 4 is 22.8 Å². The molecule has 9 nitrogen and oxygen atoms in total. The maximum atomic E-state index is 15.0. The fraction of sp³-hybridized carbons (Fsp3) is 0.484. The van der Waals surface area contributed by atoms with Crippen LogP contribution in [-0.2, 0) is 6.54 Å². The lowest BCUT2D eigenvalue weighted by atomic mass is 10.0. The van der Waals surface area contributed by atoms with E-state index in [-0.39, 0.29) is 23.2 Å². The van der Waals surface area contributed by atoms with Crippen LogP contribution in [0.5, 0.6) is 0 Å². The number of likely N-dealkylation sites (tertiary alicyclic amines) is 1. The van der Waals surface area contributed by atoms with Crippen molar-refractivity contribution in [3.63, 3.8) is 0 Å². The monoisotopic (exact) mass is 575 g/mol. The van der Waals surface area contributed by atoms with Gasteiger partial charge in [0.25, 0.3) is 0 Å². The van der Waals surface area contributed by atoms with Crippen molar-refractivity contribution in [1.82, 2.24) is 39.2 Å². The summed E-state index contributed by atoms with van der Waals surface area (Å²) < 4.78 is 31.8. The summed E-state index contributed by atoms with van der Waals surface area (Å²) in [4.78, 5) is 25.0. The van der Waals surface area contributed by atoms with Crippen LogP contribution in [0.2, 0.25) is 0 Å². The number of hydrogen-bond donors (Lipinski definition) is 1. The third-order valence-electron chi connectivity index (χ3n) is 8.54. The van der Waals surface area contributed by atoms with E-state index in [4.69, 9.17) is 0 Å². The van der Waals surface area contributed by atoms with E-state index in [1.54, 1.807) is 6.07 Å². The summed E-state index contributed by atoms with van der Waals surface area (Å²) in [7, 11) is 2.20. The van der Waals surface area contributed by atoms with Gasteiger partial charge in [-0.25, -0.2) is 28.7 Å². The van der Waals surface area contributed by atoms with Crippen LogP contribution < -0.4 is 5.32 Å². The molecule has 42 heavy (non-hydrogen) atoms. The zero-order valence-corrected chi connectivity index (χ0v) is 24.8. The first-order valence-corrected chi connectivity index (χ1v) is 14.8. The quantitative estimate of drug-likeness (QED) is 0.330. The molecule has 0 spiro atoms. The molecule has 0 saturated carbocycles. The van der Waals surface area contributed by atoms with Crippen molar-refractivity contribution < 1.29 is 8.78 Å². The molecule has 1 aromatic carbocycles. The van der Waals surface area contributed by atoms with Crippen LogP contribution in [0, 0.1) is 18.6 Å². The zero-order chi connectivity index (χ0) is 29.4. The van der Waals surface area contributed by atoms with Crippen molar-refractivity contribution in [3.8, 4) is 11.3 Å². The molecule has 5 heterocycles. The molecule has 1 N–H and O–H groups in total. The van der Waals surface area contributed by atoms with Crippen molar-refractivity contribution in [2.45, 2.75) is 52.2 Å². The average Bonchev–Trinajstić information content (AvgIpc) is 3.32. The molecule has 0 amide bonds. The van der Waals surface area contributed by atoms with Gasteiger partial charge in [0, 0.05) is 56.6 Å². The van der Waals surface area contributed by atoms with Crippen LogP contribution in [0.3, 0.4) is 0 Å². The van der Waals surface area contributed by atoms with Gasteiger partial charge in [0.1, 0.15) is 22.9 Å². The highest BCUT2D eigenvalue weighted by Crippen LogP contribution is 2.30. The number of halogens is 2. The van der Waals surface area contributed by atoms with E-state index in [2.05, 4.69) is 47.0 Å². The van der Waals surface area contributed by atoms with Crippen LogP contribution >= 0.6 is 0 Å². The minimum atomic E-state index is -0.633. The third-order valence-corrected chi connectivity index (χ3v) is 8.54. The number of benzene rings is 1. The number of nitrogens with zero attached hydrogens (tertiary/aromatic N) is 8. The topological polar surface area (TPSA) is 78.2 Å². The average molecular weight is 576 g/mol. The SMILES string of the molecule is Cc1nc2c(F)cc(-c3nc(Nc4ccc(CN5CCC(N6CCN(C)CC6)CC5)cn4)ncc3F)cc2n1C(C)C. The number of aryl methyl sites for hydroxylation is 1. The van der Waals surface area contributed by atoms with Gasteiger partial charge in [-0.2, -0.15) is 0 Å². The van der Waals surface area contributed by atoms with Gasteiger partial charge in [0.05, 0.1) is 11.7 Å². The second-order valence-electron chi connectivity index (χ2n) is 11.9. The molecule has 3 aromatic heterocycles. The number of fused-ring (bicyclic) bond motifs is 1. The number of hydrogen-bond acceptors (Lipinski definition) is 8. The minimum absolute atomic E-state index is 0.0130. The molecule has 2 saturated heterocycles. The molecule has 2 aliphatic rings. The Hall–Kier alpha value is -3.54. The predicted octanol–water partition coefficient (Wildman–Crippen LogP) is 5.01. The van der Waals surface area contributed by atoms with E-state index in [9.17, 15) is 4.39 Å². The normalized spacial score (nSPS) is 17.9. The van der Waals surface area contributed by atoms with Gasteiger partial charge in [-0.3, -0.25) is 9.80 Å². The molecule has 11 heteroatoms. The number of likely N-dealkylation sites (N-methyl/N-ethyl adjacent to an activating group) is 1. The van der Waals surface area contributed by atoms with E-state index in [0.717, 1.165) is 44.5 Å². The summed E-state index contributed by atoms with van der Waals surface area (Å²) in [6.45, 7) is 13.6. The van der Waals surface area contributed by atoms with Crippen molar-refractivity contribution in [2.75, 3.05) is 51.6 Å². The Bertz CT molecular complexity index is 1540. The molecule has 0 aliphatic carbocycles. The van der Waals surface area contributed by atoms with Gasteiger partial charge in [-0.15, -0.1) is 0 Å². The fourth-order valence-electron chi connectivity index (χ4n) is 6.28. The molecule has 6 rings (SSSR count). The van der Waals surface area contributed by atoms with Crippen molar-refractivity contribution in [3.05, 3.63) is 59.7 Å². The van der Waals surface area contributed by atoms with Crippen LogP contribution in [-0.4, -0.2) is 91.6 Å². The number of anilines is 2. The van der Waals surface area contributed by atoms with E-state index in [0.29, 0.717) is 28.8 Å². The number of piperazine rings is 1. The highest BCUT2D eigenvalue weighted by Gasteiger charge is 2.26. The number of piperidine rings is 1. The first-order chi connectivity index (χ1) is 20.2. The molecule has 222 valence electrons. The Kier molecular flexibility index (Phi) is 8.15. The molecular weight excluding hydrogens is 536 g/mol. The minimum Gasteiger partial charge on any atom is -0.326 e. The smallest absolute Gasteiger partial charge is 0.229 e. The molecule has 0 atom stereocenters. The maximum absolute atomic E-state index is 15.0. The first kappa shape index (κ1) is 28.6. The Morgan fingerprint density at radius 1 is 0.929 bits per heavy atom. The third kappa shape index (κ3) is 5.99. The summed E-state index contributed by atoms with van der Waals surface area (Å²) in [5, 5.41) is 3.07. The largest absolute Gasteiger partial charge is 0.326 e. The number of imidazole rings is 1. The highest BCUT2D eigenvalue weighted by molar-refractivity contribution is 5.83. The molecule has 0 radical (unpaired) electrons. The van der Waals surface area contributed by atoms with Gasteiger partial charge >= 0.3 is 0 Å². The highest BCUT2D eigenvalue weighted by atomic mass is 19.1. The molecule has 0 unspecified atom stereocenters. The van der Waals surface area contributed by atoms with Crippen LogP contribution in [0.15, 0.2) is 36.7 Å². The summed E-state index contributed by atoms with van der Waals surface area (Å²) in [6.07, 6.45) is 5.37. The van der Waals surface area contributed by atoms with E-state index in [1.807, 2.05) is 43.7 Å². The van der Waals surface area contributed by atoms with E-state index in [1.165, 1.54) is 32.0 Å². The Morgan fingerprint density at radius 2 is 1.69 bits per heavy atom. The van der Waals surface area contributed by atoms with Crippen LogP contribution in [0.4, 0.5) is 20.5 Å². The lowest BCUT2D eigenvalue weighted by Crippen LogP contribution is -2.52. The number of aromatic nitrogens is 5. The van der Waals surface area contributed by atoms with E-state index >= 15 is 4.39 Å². The Morgan fingerprint density at radius 3 is 2.38 bits per heavy atom. The van der Waals surface area contributed by atoms with Crippen molar-refractivity contribution in [1.29, 1.82) is 0 Å². The van der Waals surface area contributed by atoms with Crippen LogP contribution in [0.1, 0.15) is 44.1 Å². The molecule has 2 aliphatic heterocycles. The summed E-state index contributed by atoms with van der Waals surface area (Å²) in [5.74, 6) is 0.294. The molecule has 2 fully saturated rings. The maximum Gasteiger partial charge on any atom is 0.229 e. The zero-order valence-electron chi connectivity index (χ0n) is 24.8. The first-order valence-electron chi connectivity index (χ1n) is 14.8. The summed E-state index contributed by atoms with van der Waals surface area (Å²) in [6, 6.07) is 7.70. The second kappa shape index (κ2) is 12.0. The van der Waals surface area contributed by atoms with E-state index < -0.39 is 11.6 Å². The summed E-state index contributed by atoms with van der Waals surface area (Å²) in [5.41, 5.74) is 2.34. The number of nitrogens with one attached hydrogen (secondary N) is 1. The lowest BCUT2D eigenvalue weighted by Gasteiger charge is -2.42. The van der Waals surface area contributed by atoms with Gasteiger partial charge in [0.15, 0.2) is 11.6 Å². The Labute approximate surface area is 245 Å². The standard InChI is InChI=1S/C31H39F2N9/c1-20(2)42-21(3)36-30-25(32)15-23(16-27(30)42)29-26(33)18-35-31(38-29)37-28-6-5-22(17-34-28)19-40-9-7-24(8-10-40)41-13-11-39(4)12-14-41/h5-6,15-18,20,24H,7-14,19H2,1-4H3,(H,34,35,37,38). The second-order valence-corrected chi connectivity index (χ2v) is 11.9. The Balaban J connectivity index is 1.11. The number of rotatable bonds is 7. The fourth-order valence-corrected chi connectivity index (χ4v) is 6.28. The lowest BCUT2D eigenvalue weighted by molar-refractivity contribution is 0.0657.